The summed E-state index contributed by atoms with van der Waals surface area (Å²) in [4.78, 5) is 3.84. The van der Waals surface area contributed by atoms with Crippen LogP contribution in [0.2, 0.25) is 0 Å². The smallest absolute Gasteiger partial charge is 0.161 e. The lowest BCUT2D eigenvalue weighted by molar-refractivity contribution is 0.572. The Morgan fingerprint density at radius 1 is 1.43 bits per heavy atom. The van der Waals surface area contributed by atoms with Crippen molar-refractivity contribution >= 4 is 23.5 Å². The predicted molar refractivity (Wildman–Crippen MR) is 77.6 cm³/mol. The first kappa shape index (κ1) is 14.4. The van der Waals surface area contributed by atoms with Crippen molar-refractivity contribution in [1.29, 1.82) is 5.26 Å². The minimum absolute atomic E-state index is 0.0637. The number of hydrogen-bond acceptors (Lipinski definition) is 5. The summed E-state index contributed by atoms with van der Waals surface area (Å²) >= 11 is 3.08. The summed E-state index contributed by atoms with van der Waals surface area (Å²) < 4.78 is 28.2. The van der Waals surface area contributed by atoms with Crippen molar-refractivity contribution in [2.45, 2.75) is 15.9 Å². The zero-order valence-corrected chi connectivity index (χ0v) is 12.3. The number of benzene rings is 1. The summed E-state index contributed by atoms with van der Waals surface area (Å²) in [5.41, 5.74) is 0.478. The van der Waals surface area contributed by atoms with Crippen LogP contribution in [0.4, 0.5) is 8.78 Å². The zero-order valence-electron chi connectivity index (χ0n) is 10.7. The van der Waals surface area contributed by atoms with Gasteiger partial charge in [0.2, 0.25) is 0 Å². The Morgan fingerprint density at radius 3 is 2.95 bits per heavy atom. The molecule has 21 heavy (non-hydrogen) atoms. The summed E-state index contributed by atoms with van der Waals surface area (Å²) in [7, 11) is 0. The van der Waals surface area contributed by atoms with Crippen molar-refractivity contribution in [2.75, 3.05) is 5.75 Å². The van der Waals surface area contributed by atoms with Gasteiger partial charge in [0, 0.05) is 22.6 Å². The molecule has 0 amide bonds. The van der Waals surface area contributed by atoms with E-state index in [1.807, 2.05) is 0 Å². The number of rotatable bonds is 3. The van der Waals surface area contributed by atoms with E-state index in [9.17, 15) is 14.0 Å². The molecule has 1 aliphatic heterocycles. The highest BCUT2D eigenvalue weighted by Crippen LogP contribution is 2.51. The van der Waals surface area contributed by atoms with Gasteiger partial charge in [-0.3, -0.25) is 0 Å². The zero-order chi connectivity index (χ0) is 14.8. The van der Waals surface area contributed by atoms with E-state index < -0.39 is 17.7 Å². The Kier molecular flexibility index (Phi) is 4.12. The number of halogens is 2. The highest BCUT2D eigenvalue weighted by atomic mass is 32.2. The number of hydrogen-bond donors (Lipinski definition) is 0. The van der Waals surface area contributed by atoms with Gasteiger partial charge in [0.15, 0.2) is 6.04 Å². The molecule has 1 saturated heterocycles. The maximum Gasteiger partial charge on any atom is 0.161 e. The van der Waals surface area contributed by atoms with Gasteiger partial charge in [0.1, 0.15) is 24.3 Å². The van der Waals surface area contributed by atoms with Gasteiger partial charge in [-0.05, 0) is 6.07 Å². The molecule has 0 saturated carbocycles. The number of thioether (sulfide) groups is 2. The van der Waals surface area contributed by atoms with Crippen LogP contribution < -0.4 is 0 Å². The molecule has 3 unspecified atom stereocenters. The predicted octanol–water partition coefficient (Wildman–Crippen LogP) is 3.17. The van der Waals surface area contributed by atoms with Crippen LogP contribution in [0.25, 0.3) is 0 Å². The first-order chi connectivity index (χ1) is 10.2. The maximum absolute atomic E-state index is 13.8. The molecule has 0 radical (unpaired) electrons. The van der Waals surface area contributed by atoms with E-state index in [4.69, 9.17) is 0 Å². The molecule has 3 rings (SSSR count). The second kappa shape index (κ2) is 6.03. The number of nitriles is 1. The van der Waals surface area contributed by atoms with Crippen LogP contribution in [-0.4, -0.2) is 25.1 Å². The molecule has 0 bridgehead atoms. The molecule has 0 spiro atoms. The molecule has 1 aliphatic rings. The quantitative estimate of drug-likeness (QED) is 0.868. The molecule has 8 heteroatoms. The SMILES string of the molecule is N#CC(C1SCC(c2ccc(F)cc2F)S1)n1cncn1. The summed E-state index contributed by atoms with van der Waals surface area (Å²) in [6.45, 7) is 0. The second-order valence-electron chi connectivity index (χ2n) is 4.44. The molecule has 2 aromatic rings. The van der Waals surface area contributed by atoms with Crippen molar-refractivity contribution in [2.24, 2.45) is 0 Å². The van der Waals surface area contributed by atoms with Gasteiger partial charge in [-0.1, -0.05) is 6.07 Å². The lowest BCUT2D eigenvalue weighted by Crippen LogP contribution is -2.16. The molecule has 108 valence electrons. The highest BCUT2D eigenvalue weighted by molar-refractivity contribution is 8.20. The van der Waals surface area contributed by atoms with Crippen LogP contribution in [-0.2, 0) is 0 Å². The standard InChI is InChI=1S/C13H10F2N4S2/c14-8-1-2-9(10(15)3-8)12-5-20-13(21-12)11(4-16)19-7-17-6-18-19/h1-3,6-7,11-13H,5H2. The fraction of sp³-hybridized carbons (Fsp3) is 0.308. The van der Waals surface area contributed by atoms with Gasteiger partial charge in [0.05, 0.1) is 10.7 Å². The van der Waals surface area contributed by atoms with Gasteiger partial charge in [-0.15, -0.1) is 23.5 Å². The van der Waals surface area contributed by atoms with Crippen molar-refractivity contribution in [3.63, 3.8) is 0 Å². The van der Waals surface area contributed by atoms with Crippen LogP contribution in [0.3, 0.4) is 0 Å². The Balaban J connectivity index is 1.77. The Hall–Kier alpha value is -1.59. The summed E-state index contributed by atoms with van der Waals surface area (Å²) in [5.74, 6) is -0.450. The lowest BCUT2D eigenvalue weighted by Gasteiger charge is -2.16. The molecule has 0 aliphatic carbocycles. The summed E-state index contributed by atoms with van der Waals surface area (Å²) in [6.07, 6.45) is 2.88. The number of aromatic nitrogens is 3. The van der Waals surface area contributed by atoms with E-state index in [-0.39, 0.29) is 9.83 Å². The summed E-state index contributed by atoms with van der Waals surface area (Å²) in [6, 6.07) is 5.38. The first-order valence-corrected chi connectivity index (χ1v) is 8.14. The minimum Gasteiger partial charge on any atom is -0.234 e. The monoisotopic (exact) mass is 324 g/mol. The van der Waals surface area contributed by atoms with Crippen molar-refractivity contribution in [3.05, 3.63) is 48.1 Å². The minimum atomic E-state index is -0.582. The molecule has 3 atom stereocenters. The Bertz CT molecular complexity index is 671. The van der Waals surface area contributed by atoms with E-state index in [0.717, 1.165) is 6.07 Å². The van der Waals surface area contributed by atoms with Crippen molar-refractivity contribution in [1.82, 2.24) is 14.8 Å². The van der Waals surface area contributed by atoms with Crippen LogP contribution in [0.5, 0.6) is 0 Å². The van der Waals surface area contributed by atoms with Crippen molar-refractivity contribution in [3.8, 4) is 6.07 Å². The van der Waals surface area contributed by atoms with Crippen LogP contribution in [0.1, 0.15) is 16.9 Å². The topological polar surface area (TPSA) is 54.5 Å². The lowest BCUT2D eigenvalue weighted by atomic mass is 10.1. The molecular weight excluding hydrogens is 314 g/mol. The molecule has 0 N–H and O–H groups in total. The third-order valence-corrected chi connectivity index (χ3v) is 6.47. The van der Waals surface area contributed by atoms with Crippen LogP contribution >= 0.6 is 23.5 Å². The molecular formula is C13H10F2N4S2. The normalized spacial score (nSPS) is 22.9. The van der Waals surface area contributed by atoms with E-state index in [2.05, 4.69) is 16.2 Å². The van der Waals surface area contributed by atoms with Gasteiger partial charge in [-0.25, -0.2) is 18.4 Å². The van der Waals surface area contributed by atoms with Crippen LogP contribution in [0, 0.1) is 23.0 Å². The van der Waals surface area contributed by atoms with Gasteiger partial charge in [0.25, 0.3) is 0 Å². The fourth-order valence-electron chi connectivity index (χ4n) is 2.12. The largest absolute Gasteiger partial charge is 0.234 e. The fourth-order valence-corrected chi connectivity index (χ4v) is 5.53. The van der Waals surface area contributed by atoms with Crippen LogP contribution in [0.15, 0.2) is 30.9 Å². The summed E-state index contributed by atoms with van der Waals surface area (Å²) in [5, 5.41) is 13.2. The molecule has 1 fully saturated rings. The first-order valence-electron chi connectivity index (χ1n) is 6.15. The van der Waals surface area contributed by atoms with E-state index in [0.29, 0.717) is 11.3 Å². The van der Waals surface area contributed by atoms with E-state index in [1.54, 1.807) is 11.8 Å². The Morgan fingerprint density at radius 2 is 2.29 bits per heavy atom. The Labute approximate surface area is 128 Å². The molecule has 1 aromatic heterocycles. The second-order valence-corrected chi connectivity index (χ2v) is 7.26. The maximum atomic E-state index is 13.8. The van der Waals surface area contributed by atoms with E-state index in [1.165, 1.54) is 41.2 Å². The molecule has 1 aromatic carbocycles. The highest BCUT2D eigenvalue weighted by Gasteiger charge is 2.35. The van der Waals surface area contributed by atoms with E-state index >= 15 is 0 Å². The van der Waals surface area contributed by atoms with Gasteiger partial charge in [-0.2, -0.15) is 10.4 Å². The van der Waals surface area contributed by atoms with Gasteiger partial charge < -0.3 is 0 Å². The van der Waals surface area contributed by atoms with Gasteiger partial charge >= 0.3 is 0 Å². The number of nitrogens with zero attached hydrogens (tertiary/aromatic N) is 4. The molecule has 4 nitrogen and oxygen atoms in total. The third kappa shape index (κ3) is 2.89. The molecule has 2 heterocycles. The third-order valence-electron chi connectivity index (χ3n) is 3.13. The van der Waals surface area contributed by atoms with Crippen molar-refractivity contribution < 1.29 is 8.78 Å². The average molecular weight is 324 g/mol. The average Bonchev–Trinajstić information content (AvgIpc) is 3.12.